The van der Waals surface area contributed by atoms with Crippen molar-refractivity contribution in [2.45, 2.75) is 37.4 Å². The van der Waals surface area contributed by atoms with Crippen molar-refractivity contribution >= 4 is 33.2 Å². The number of carbonyl (C=O) groups is 1. The van der Waals surface area contributed by atoms with Gasteiger partial charge in [-0.05, 0) is 55.5 Å². The first-order chi connectivity index (χ1) is 12.3. The van der Waals surface area contributed by atoms with Gasteiger partial charge in [-0.1, -0.05) is 17.7 Å². The van der Waals surface area contributed by atoms with E-state index >= 15 is 0 Å². The van der Waals surface area contributed by atoms with Crippen molar-refractivity contribution in [1.82, 2.24) is 4.98 Å². The average Bonchev–Trinajstić information content (AvgIpc) is 3.43. The number of benzene rings is 1. The maximum absolute atomic E-state index is 13.1. The van der Waals surface area contributed by atoms with Crippen LogP contribution in [0.4, 0.5) is 10.2 Å². The first kappa shape index (κ1) is 18.8. The van der Waals surface area contributed by atoms with Gasteiger partial charge in [0.1, 0.15) is 11.6 Å². The third kappa shape index (κ3) is 4.80. The van der Waals surface area contributed by atoms with Gasteiger partial charge in [0.15, 0.2) is 5.78 Å². The summed E-state index contributed by atoms with van der Waals surface area (Å²) >= 11 is 5.74. The minimum absolute atomic E-state index is 0.0653. The van der Waals surface area contributed by atoms with E-state index in [1.807, 2.05) is 0 Å². The molecule has 8 heteroatoms. The van der Waals surface area contributed by atoms with Crippen LogP contribution in [0.3, 0.4) is 0 Å². The topological polar surface area (TPSA) is 76.1 Å². The fourth-order valence-corrected chi connectivity index (χ4v) is 4.09. The van der Waals surface area contributed by atoms with Crippen molar-refractivity contribution in [2.75, 3.05) is 4.72 Å². The molecule has 0 radical (unpaired) electrons. The Hall–Kier alpha value is -1.99. The summed E-state index contributed by atoms with van der Waals surface area (Å²) in [5.41, 5.74) is 1.27. The van der Waals surface area contributed by atoms with Crippen LogP contribution in [0.2, 0.25) is 5.02 Å². The van der Waals surface area contributed by atoms with Crippen LogP contribution in [0.15, 0.2) is 36.5 Å². The monoisotopic (exact) mass is 396 g/mol. The highest BCUT2D eigenvalue weighted by atomic mass is 35.5. The van der Waals surface area contributed by atoms with Gasteiger partial charge in [0.25, 0.3) is 0 Å². The minimum Gasteiger partial charge on any atom is -0.294 e. The van der Waals surface area contributed by atoms with Crippen LogP contribution >= 0.6 is 11.6 Å². The molecule has 1 aliphatic rings. The smallest absolute Gasteiger partial charge is 0.236 e. The van der Waals surface area contributed by atoms with Gasteiger partial charge < -0.3 is 0 Å². The minimum atomic E-state index is -3.41. The zero-order chi connectivity index (χ0) is 18.7. The Morgan fingerprint density at radius 2 is 2.04 bits per heavy atom. The van der Waals surface area contributed by atoms with Gasteiger partial charge in [0.05, 0.1) is 10.3 Å². The molecule has 2 aromatic rings. The first-order valence-corrected chi connectivity index (χ1v) is 10.2. The molecule has 0 amide bonds. The molecule has 0 saturated heterocycles. The van der Waals surface area contributed by atoms with Gasteiger partial charge in [-0.3, -0.25) is 9.52 Å². The molecule has 1 fully saturated rings. The average molecular weight is 397 g/mol. The van der Waals surface area contributed by atoms with Crippen LogP contribution in [-0.2, 0) is 16.4 Å². The zero-order valence-electron chi connectivity index (χ0n) is 13.9. The molecule has 0 unspecified atom stereocenters. The van der Waals surface area contributed by atoms with E-state index in [0.29, 0.717) is 31.2 Å². The number of nitrogens with one attached hydrogen (secondary N) is 1. The number of anilines is 1. The van der Waals surface area contributed by atoms with Crippen molar-refractivity contribution in [2.24, 2.45) is 0 Å². The molecule has 1 aromatic carbocycles. The fourth-order valence-electron chi connectivity index (χ4n) is 2.56. The van der Waals surface area contributed by atoms with Crippen LogP contribution in [0.25, 0.3) is 0 Å². The van der Waals surface area contributed by atoms with Crippen LogP contribution < -0.4 is 4.72 Å². The van der Waals surface area contributed by atoms with Crippen molar-refractivity contribution < 1.29 is 17.6 Å². The van der Waals surface area contributed by atoms with Gasteiger partial charge in [0, 0.05) is 18.2 Å². The van der Waals surface area contributed by atoms with Gasteiger partial charge in [0.2, 0.25) is 10.0 Å². The number of halogens is 2. The maximum Gasteiger partial charge on any atom is 0.236 e. The number of hydrogen-bond acceptors (Lipinski definition) is 4. The SMILES string of the molecule is O=C(CCCc1ccc(F)c(Cl)c1)c1ccnc(NS(=O)(=O)C2CC2)c1. The maximum atomic E-state index is 13.1. The van der Waals surface area contributed by atoms with E-state index in [1.165, 1.54) is 18.3 Å². The third-order valence-electron chi connectivity index (χ3n) is 4.15. The van der Waals surface area contributed by atoms with Crippen molar-refractivity contribution in [3.8, 4) is 0 Å². The lowest BCUT2D eigenvalue weighted by Crippen LogP contribution is -2.18. The molecule has 0 aliphatic heterocycles. The second-order valence-corrected chi connectivity index (χ2v) is 8.67. The van der Waals surface area contributed by atoms with Gasteiger partial charge in [-0.25, -0.2) is 17.8 Å². The van der Waals surface area contributed by atoms with Crippen LogP contribution in [0.1, 0.15) is 41.6 Å². The van der Waals surface area contributed by atoms with Crippen molar-refractivity contribution in [1.29, 1.82) is 0 Å². The predicted molar refractivity (Wildman–Crippen MR) is 98.5 cm³/mol. The number of Topliss-reactive ketones (excluding diaryl/α,β-unsaturated/α-hetero) is 1. The Bertz CT molecular complexity index is 930. The molecule has 0 spiro atoms. The van der Waals surface area contributed by atoms with E-state index < -0.39 is 15.8 Å². The molecule has 0 bridgehead atoms. The number of carbonyl (C=O) groups excluding carboxylic acids is 1. The summed E-state index contributed by atoms with van der Waals surface area (Å²) in [4.78, 5) is 16.3. The van der Waals surface area contributed by atoms with Crippen LogP contribution in [-0.4, -0.2) is 24.4 Å². The summed E-state index contributed by atoms with van der Waals surface area (Å²) < 4.78 is 39.5. The second kappa shape index (κ2) is 7.72. The summed E-state index contributed by atoms with van der Waals surface area (Å²) in [6.07, 6.45) is 4.18. The van der Waals surface area contributed by atoms with E-state index in [9.17, 15) is 17.6 Å². The number of rotatable bonds is 8. The molecule has 1 saturated carbocycles. The fraction of sp³-hybridized carbons (Fsp3) is 0.333. The predicted octanol–water partition coefficient (Wildman–Crippen LogP) is 3.98. The molecule has 26 heavy (non-hydrogen) atoms. The van der Waals surface area contributed by atoms with Gasteiger partial charge in [-0.2, -0.15) is 0 Å². The van der Waals surface area contributed by atoms with E-state index in [4.69, 9.17) is 11.6 Å². The zero-order valence-corrected chi connectivity index (χ0v) is 15.5. The highest BCUT2D eigenvalue weighted by Gasteiger charge is 2.36. The standard InChI is InChI=1S/C18H18ClFN2O3S/c19-15-10-12(4-7-16(15)20)2-1-3-17(23)13-8-9-21-18(11-13)22-26(24,25)14-5-6-14/h4,7-11,14H,1-3,5-6H2,(H,21,22). The Morgan fingerprint density at radius 3 is 2.73 bits per heavy atom. The van der Waals surface area contributed by atoms with E-state index in [-0.39, 0.29) is 28.3 Å². The second-order valence-electron chi connectivity index (χ2n) is 6.30. The molecule has 1 heterocycles. The molecule has 3 rings (SSSR count). The number of nitrogens with zero attached hydrogens (tertiary/aromatic N) is 1. The third-order valence-corrected chi connectivity index (χ3v) is 6.28. The summed E-state index contributed by atoms with van der Waals surface area (Å²) in [5.74, 6) is -0.412. The van der Waals surface area contributed by atoms with Crippen LogP contribution in [0, 0.1) is 5.82 Å². The normalized spacial score (nSPS) is 14.2. The highest BCUT2D eigenvalue weighted by Crippen LogP contribution is 2.29. The largest absolute Gasteiger partial charge is 0.294 e. The van der Waals surface area contributed by atoms with E-state index in [0.717, 1.165) is 5.56 Å². The van der Waals surface area contributed by atoms with Crippen molar-refractivity contribution in [3.05, 3.63) is 58.5 Å². The molecule has 1 aliphatic carbocycles. The molecule has 1 N–H and O–H groups in total. The quantitative estimate of drug-likeness (QED) is 0.684. The number of ketones is 1. The van der Waals surface area contributed by atoms with E-state index in [2.05, 4.69) is 9.71 Å². The van der Waals surface area contributed by atoms with E-state index in [1.54, 1.807) is 18.2 Å². The summed E-state index contributed by atoms with van der Waals surface area (Å²) in [6.45, 7) is 0. The number of aromatic nitrogens is 1. The molecule has 5 nitrogen and oxygen atoms in total. The Balaban J connectivity index is 1.57. The summed E-state index contributed by atoms with van der Waals surface area (Å²) in [6, 6.07) is 7.52. The Morgan fingerprint density at radius 1 is 1.27 bits per heavy atom. The van der Waals surface area contributed by atoms with Crippen molar-refractivity contribution in [3.63, 3.8) is 0 Å². The van der Waals surface area contributed by atoms with Gasteiger partial charge in [-0.15, -0.1) is 0 Å². The molecule has 138 valence electrons. The number of hydrogen-bond donors (Lipinski definition) is 1. The number of aryl methyl sites for hydroxylation is 1. The van der Waals surface area contributed by atoms with Crippen LogP contribution in [0.5, 0.6) is 0 Å². The molecular weight excluding hydrogens is 379 g/mol. The Labute approximate surface area is 156 Å². The number of pyridine rings is 1. The molecular formula is C18H18ClFN2O3S. The Kier molecular flexibility index (Phi) is 5.58. The highest BCUT2D eigenvalue weighted by molar-refractivity contribution is 7.93. The summed E-state index contributed by atoms with van der Waals surface area (Å²) in [7, 11) is -3.41. The molecule has 0 atom stereocenters. The first-order valence-electron chi connectivity index (χ1n) is 8.30. The lowest BCUT2D eigenvalue weighted by Gasteiger charge is -2.07. The lowest BCUT2D eigenvalue weighted by molar-refractivity contribution is 0.0980. The lowest BCUT2D eigenvalue weighted by atomic mass is 10.0. The molecule has 1 aromatic heterocycles. The number of sulfonamides is 1. The summed E-state index contributed by atoms with van der Waals surface area (Å²) in [5, 5.41) is -0.290. The van der Waals surface area contributed by atoms with Gasteiger partial charge >= 0.3 is 0 Å².